The van der Waals surface area contributed by atoms with Gasteiger partial charge in [-0.15, -0.1) is 0 Å². The first-order valence-corrected chi connectivity index (χ1v) is 6.98. The molecule has 1 aliphatic carbocycles. The Morgan fingerprint density at radius 2 is 1.87 bits per heavy atom. The molecule has 1 aliphatic rings. The highest BCUT2D eigenvalue weighted by Gasteiger charge is 2.15. The SMILES string of the molecule is CCC(C)CC(N)CCC1CCCCC1. The summed E-state index contributed by atoms with van der Waals surface area (Å²) in [5.41, 5.74) is 6.17. The molecule has 0 amide bonds. The zero-order valence-electron chi connectivity index (χ0n) is 10.7. The molecule has 1 rings (SSSR count). The van der Waals surface area contributed by atoms with Gasteiger partial charge in [-0.05, 0) is 31.1 Å². The Kier molecular flexibility index (Phi) is 6.31. The van der Waals surface area contributed by atoms with Crippen molar-refractivity contribution >= 4 is 0 Å². The number of hydrogen-bond donors (Lipinski definition) is 1. The van der Waals surface area contributed by atoms with Gasteiger partial charge in [0.25, 0.3) is 0 Å². The lowest BCUT2D eigenvalue weighted by atomic mass is 9.84. The molecule has 15 heavy (non-hydrogen) atoms. The van der Waals surface area contributed by atoms with Gasteiger partial charge in [-0.2, -0.15) is 0 Å². The summed E-state index contributed by atoms with van der Waals surface area (Å²) < 4.78 is 0. The minimum absolute atomic E-state index is 0.460. The van der Waals surface area contributed by atoms with Crippen molar-refractivity contribution in [1.82, 2.24) is 0 Å². The maximum absolute atomic E-state index is 6.17. The van der Waals surface area contributed by atoms with Crippen LogP contribution >= 0.6 is 0 Å². The Labute approximate surface area is 95.8 Å². The van der Waals surface area contributed by atoms with Crippen LogP contribution in [0.25, 0.3) is 0 Å². The van der Waals surface area contributed by atoms with E-state index in [0.717, 1.165) is 11.8 Å². The Morgan fingerprint density at radius 3 is 2.47 bits per heavy atom. The number of rotatable bonds is 6. The van der Waals surface area contributed by atoms with Crippen molar-refractivity contribution in [3.8, 4) is 0 Å². The highest BCUT2D eigenvalue weighted by atomic mass is 14.6. The Morgan fingerprint density at radius 1 is 1.20 bits per heavy atom. The van der Waals surface area contributed by atoms with E-state index < -0.39 is 0 Å². The Balaban J connectivity index is 2.07. The molecule has 0 aliphatic heterocycles. The van der Waals surface area contributed by atoms with Crippen LogP contribution in [-0.2, 0) is 0 Å². The molecule has 1 fully saturated rings. The standard InChI is InChI=1S/C14H29N/c1-3-12(2)11-14(15)10-9-13-7-5-4-6-8-13/h12-14H,3-11,15H2,1-2H3. The predicted octanol–water partition coefficient (Wildman–Crippen LogP) is 4.11. The number of nitrogens with two attached hydrogens (primary N) is 1. The van der Waals surface area contributed by atoms with Crippen LogP contribution in [0.4, 0.5) is 0 Å². The molecule has 0 radical (unpaired) electrons. The summed E-state index contributed by atoms with van der Waals surface area (Å²) in [6, 6.07) is 0.460. The normalized spacial score (nSPS) is 22.6. The predicted molar refractivity (Wildman–Crippen MR) is 67.9 cm³/mol. The summed E-state index contributed by atoms with van der Waals surface area (Å²) >= 11 is 0. The molecule has 2 atom stereocenters. The molecule has 0 aromatic rings. The molecule has 0 aromatic carbocycles. The van der Waals surface area contributed by atoms with Crippen LogP contribution in [0.1, 0.15) is 71.6 Å². The van der Waals surface area contributed by atoms with Crippen molar-refractivity contribution in [2.75, 3.05) is 0 Å². The van der Waals surface area contributed by atoms with Crippen molar-refractivity contribution in [2.24, 2.45) is 17.6 Å². The maximum Gasteiger partial charge on any atom is 0.00414 e. The molecule has 0 aromatic heterocycles. The van der Waals surface area contributed by atoms with E-state index in [2.05, 4.69) is 13.8 Å². The van der Waals surface area contributed by atoms with Crippen LogP contribution in [0, 0.1) is 11.8 Å². The van der Waals surface area contributed by atoms with Gasteiger partial charge >= 0.3 is 0 Å². The van der Waals surface area contributed by atoms with Crippen LogP contribution in [0.5, 0.6) is 0 Å². The summed E-state index contributed by atoms with van der Waals surface area (Å²) in [6.45, 7) is 4.58. The fourth-order valence-electron chi connectivity index (χ4n) is 2.73. The topological polar surface area (TPSA) is 26.0 Å². The van der Waals surface area contributed by atoms with Gasteiger partial charge in [0.2, 0.25) is 0 Å². The van der Waals surface area contributed by atoms with E-state index in [1.165, 1.54) is 57.8 Å². The Bertz CT molecular complexity index is 149. The van der Waals surface area contributed by atoms with Gasteiger partial charge < -0.3 is 5.73 Å². The molecule has 0 heterocycles. The molecule has 0 spiro atoms. The second kappa shape index (κ2) is 7.27. The van der Waals surface area contributed by atoms with Crippen LogP contribution in [0.3, 0.4) is 0 Å². The first kappa shape index (κ1) is 13.0. The Hall–Kier alpha value is -0.0400. The summed E-state index contributed by atoms with van der Waals surface area (Å²) in [4.78, 5) is 0. The van der Waals surface area contributed by atoms with Crippen molar-refractivity contribution in [3.63, 3.8) is 0 Å². The van der Waals surface area contributed by atoms with Crippen LogP contribution < -0.4 is 5.73 Å². The van der Waals surface area contributed by atoms with Gasteiger partial charge in [0, 0.05) is 6.04 Å². The fraction of sp³-hybridized carbons (Fsp3) is 1.00. The summed E-state index contributed by atoms with van der Waals surface area (Å²) in [5, 5.41) is 0. The van der Waals surface area contributed by atoms with Gasteiger partial charge in [-0.3, -0.25) is 0 Å². The van der Waals surface area contributed by atoms with E-state index in [-0.39, 0.29) is 0 Å². The third-order valence-corrected chi connectivity index (χ3v) is 4.07. The van der Waals surface area contributed by atoms with Crippen LogP contribution in [0.2, 0.25) is 0 Å². The first-order chi connectivity index (χ1) is 7.22. The average molecular weight is 211 g/mol. The molecule has 1 nitrogen and oxygen atoms in total. The monoisotopic (exact) mass is 211 g/mol. The molecular formula is C14H29N. The molecule has 0 saturated heterocycles. The first-order valence-electron chi connectivity index (χ1n) is 6.98. The molecule has 90 valence electrons. The summed E-state index contributed by atoms with van der Waals surface area (Å²) in [6.07, 6.45) is 12.5. The zero-order valence-corrected chi connectivity index (χ0v) is 10.7. The fourth-order valence-corrected chi connectivity index (χ4v) is 2.73. The van der Waals surface area contributed by atoms with E-state index >= 15 is 0 Å². The van der Waals surface area contributed by atoms with Crippen molar-refractivity contribution in [3.05, 3.63) is 0 Å². The molecule has 2 N–H and O–H groups in total. The van der Waals surface area contributed by atoms with Gasteiger partial charge in [0.05, 0.1) is 0 Å². The van der Waals surface area contributed by atoms with Gasteiger partial charge in [0.1, 0.15) is 0 Å². The minimum atomic E-state index is 0.460. The third-order valence-electron chi connectivity index (χ3n) is 4.07. The lowest BCUT2D eigenvalue weighted by Crippen LogP contribution is -2.24. The molecular weight excluding hydrogens is 182 g/mol. The molecule has 2 unspecified atom stereocenters. The van der Waals surface area contributed by atoms with Crippen LogP contribution in [-0.4, -0.2) is 6.04 Å². The lowest BCUT2D eigenvalue weighted by molar-refractivity contribution is 0.313. The smallest absolute Gasteiger partial charge is 0.00414 e. The van der Waals surface area contributed by atoms with Crippen molar-refractivity contribution < 1.29 is 0 Å². The second-order valence-electron chi connectivity index (χ2n) is 5.59. The molecule has 1 saturated carbocycles. The number of hydrogen-bond acceptors (Lipinski definition) is 1. The maximum atomic E-state index is 6.17. The second-order valence-corrected chi connectivity index (χ2v) is 5.59. The molecule has 1 heteroatoms. The van der Waals surface area contributed by atoms with E-state index in [0.29, 0.717) is 6.04 Å². The minimum Gasteiger partial charge on any atom is -0.328 e. The quantitative estimate of drug-likeness (QED) is 0.703. The average Bonchev–Trinajstić information content (AvgIpc) is 2.27. The van der Waals surface area contributed by atoms with E-state index in [1.54, 1.807) is 0 Å². The summed E-state index contributed by atoms with van der Waals surface area (Å²) in [5.74, 6) is 1.81. The highest BCUT2D eigenvalue weighted by Crippen LogP contribution is 2.28. The van der Waals surface area contributed by atoms with Crippen molar-refractivity contribution in [1.29, 1.82) is 0 Å². The van der Waals surface area contributed by atoms with Gasteiger partial charge in [-0.25, -0.2) is 0 Å². The van der Waals surface area contributed by atoms with Gasteiger partial charge in [0.15, 0.2) is 0 Å². The van der Waals surface area contributed by atoms with E-state index in [4.69, 9.17) is 5.73 Å². The van der Waals surface area contributed by atoms with E-state index in [9.17, 15) is 0 Å². The summed E-state index contributed by atoms with van der Waals surface area (Å²) in [7, 11) is 0. The van der Waals surface area contributed by atoms with Crippen molar-refractivity contribution in [2.45, 2.75) is 77.7 Å². The molecule has 0 bridgehead atoms. The highest BCUT2D eigenvalue weighted by molar-refractivity contribution is 4.71. The zero-order chi connectivity index (χ0) is 11.1. The van der Waals surface area contributed by atoms with Gasteiger partial charge in [-0.1, -0.05) is 52.4 Å². The third kappa shape index (κ3) is 5.55. The van der Waals surface area contributed by atoms with E-state index in [1.807, 2.05) is 0 Å². The van der Waals surface area contributed by atoms with Crippen LogP contribution in [0.15, 0.2) is 0 Å². The largest absolute Gasteiger partial charge is 0.328 e. The lowest BCUT2D eigenvalue weighted by Gasteiger charge is -2.23.